The van der Waals surface area contributed by atoms with Crippen molar-refractivity contribution in [3.8, 4) is 17.2 Å². The van der Waals surface area contributed by atoms with Gasteiger partial charge >= 0.3 is 5.76 Å². The van der Waals surface area contributed by atoms with Crippen molar-refractivity contribution in [1.29, 1.82) is 5.26 Å². The number of nitrogens with zero attached hydrogens (tertiary/aromatic N) is 3. The van der Waals surface area contributed by atoms with Crippen LogP contribution in [0.25, 0.3) is 22.2 Å². The van der Waals surface area contributed by atoms with Gasteiger partial charge in [0.25, 0.3) is 5.91 Å². The Kier molecular flexibility index (Phi) is 6.82. The maximum absolute atomic E-state index is 15.0. The summed E-state index contributed by atoms with van der Waals surface area (Å²) < 4.78 is 26.9. The SMILES string of the molecule is CO[C@@H](C(=O)N[C@H](C#N)Cc1ccc(-c2ccc3oc(=O)n(C)c3c2)cc1F)[C@H]1CCCN1C. The minimum atomic E-state index is -0.894. The molecule has 0 bridgehead atoms. The first-order valence-electron chi connectivity index (χ1n) is 11.1. The predicted octanol–water partition coefficient (Wildman–Crippen LogP) is 2.60. The molecule has 1 N–H and O–H groups in total. The van der Waals surface area contributed by atoms with E-state index < -0.39 is 23.7 Å². The monoisotopic (exact) mass is 466 g/mol. The van der Waals surface area contributed by atoms with Crippen LogP contribution in [0, 0.1) is 17.1 Å². The average Bonchev–Trinajstić information content (AvgIpc) is 3.37. The number of aryl methyl sites for hydroxylation is 1. The van der Waals surface area contributed by atoms with E-state index in [-0.39, 0.29) is 18.4 Å². The van der Waals surface area contributed by atoms with Crippen LogP contribution in [0.1, 0.15) is 18.4 Å². The number of carbonyl (C=O) groups is 1. The lowest BCUT2D eigenvalue weighted by Crippen LogP contribution is -2.50. The predicted molar refractivity (Wildman–Crippen MR) is 125 cm³/mol. The van der Waals surface area contributed by atoms with Crippen LogP contribution in [0.5, 0.6) is 0 Å². The van der Waals surface area contributed by atoms with E-state index in [0.29, 0.717) is 22.2 Å². The van der Waals surface area contributed by atoms with Gasteiger partial charge in [0, 0.05) is 26.6 Å². The maximum atomic E-state index is 15.0. The molecular formula is C25H27FN4O4. The average molecular weight is 467 g/mol. The fraction of sp³-hybridized carbons (Fsp3) is 0.400. The van der Waals surface area contributed by atoms with E-state index in [0.717, 1.165) is 24.9 Å². The zero-order valence-electron chi connectivity index (χ0n) is 19.4. The smallest absolute Gasteiger partial charge is 0.408 e. The molecule has 8 nitrogen and oxygen atoms in total. The Morgan fingerprint density at radius 1 is 1.29 bits per heavy atom. The molecule has 9 heteroatoms. The van der Waals surface area contributed by atoms with Gasteiger partial charge < -0.3 is 19.4 Å². The first-order valence-corrected chi connectivity index (χ1v) is 11.1. The van der Waals surface area contributed by atoms with E-state index in [1.165, 1.54) is 17.7 Å². The van der Waals surface area contributed by atoms with E-state index in [4.69, 9.17) is 9.15 Å². The number of carbonyl (C=O) groups excluding carboxylic acids is 1. The van der Waals surface area contributed by atoms with Crippen molar-refractivity contribution >= 4 is 17.0 Å². The number of rotatable bonds is 7. The van der Waals surface area contributed by atoms with Crippen LogP contribution in [0.15, 0.2) is 45.6 Å². The topological polar surface area (TPSA) is 100 Å². The number of nitrogens with one attached hydrogen (secondary N) is 1. The van der Waals surface area contributed by atoms with Gasteiger partial charge in [0.2, 0.25) is 0 Å². The summed E-state index contributed by atoms with van der Waals surface area (Å²) in [5.74, 6) is -1.32. The molecule has 2 aromatic carbocycles. The normalized spacial score (nSPS) is 18.0. The lowest BCUT2D eigenvalue weighted by atomic mass is 9.99. The van der Waals surface area contributed by atoms with E-state index in [2.05, 4.69) is 16.3 Å². The summed E-state index contributed by atoms with van der Waals surface area (Å²) in [6.07, 6.45) is 1.16. The quantitative estimate of drug-likeness (QED) is 0.575. The molecular weight excluding hydrogens is 439 g/mol. The number of fused-ring (bicyclic) bond motifs is 1. The van der Waals surface area contributed by atoms with Gasteiger partial charge in [-0.25, -0.2) is 9.18 Å². The third kappa shape index (κ3) is 4.60. The number of oxazole rings is 1. The number of ether oxygens (including phenoxy) is 1. The number of likely N-dealkylation sites (N-methyl/N-ethyl adjacent to an activating group) is 1. The standard InChI is InChI=1S/C25H27FN4O4/c1-29-10-4-5-20(29)23(33-3)24(31)28-18(14-27)11-17-7-6-15(12-19(17)26)16-8-9-22-21(13-16)30(2)25(32)34-22/h6-9,12-13,18,20,23H,4-5,10-11H2,1-3H3,(H,28,31)/t18-,20+,23+/m0/s1. The van der Waals surface area contributed by atoms with Crippen LogP contribution in [0.3, 0.4) is 0 Å². The summed E-state index contributed by atoms with van der Waals surface area (Å²) in [5, 5.41) is 12.3. The Labute approximate surface area is 196 Å². The summed E-state index contributed by atoms with van der Waals surface area (Å²) in [7, 11) is 5.03. The van der Waals surface area contributed by atoms with Crippen molar-refractivity contribution < 1.29 is 18.3 Å². The Hall–Kier alpha value is -3.48. The molecule has 1 amide bonds. The van der Waals surface area contributed by atoms with Crippen LogP contribution in [0.4, 0.5) is 4.39 Å². The Bertz CT molecular complexity index is 1310. The minimum Gasteiger partial charge on any atom is -0.408 e. The lowest BCUT2D eigenvalue weighted by molar-refractivity contribution is -0.134. The van der Waals surface area contributed by atoms with Gasteiger partial charge in [0.1, 0.15) is 11.9 Å². The number of benzene rings is 2. The summed E-state index contributed by atoms with van der Waals surface area (Å²) in [5.41, 5.74) is 2.74. The van der Waals surface area contributed by atoms with Gasteiger partial charge in [-0.3, -0.25) is 9.36 Å². The second-order valence-corrected chi connectivity index (χ2v) is 8.66. The molecule has 0 unspecified atom stereocenters. The van der Waals surface area contributed by atoms with Crippen LogP contribution in [0.2, 0.25) is 0 Å². The molecule has 1 aliphatic heterocycles. The van der Waals surface area contributed by atoms with Gasteiger partial charge in [0.15, 0.2) is 11.7 Å². The van der Waals surface area contributed by atoms with Crippen molar-refractivity contribution in [2.75, 3.05) is 20.7 Å². The zero-order chi connectivity index (χ0) is 24.4. The highest BCUT2D eigenvalue weighted by Gasteiger charge is 2.35. The Morgan fingerprint density at radius 2 is 2.03 bits per heavy atom. The highest BCUT2D eigenvalue weighted by atomic mass is 19.1. The summed E-state index contributed by atoms with van der Waals surface area (Å²) >= 11 is 0. The molecule has 34 heavy (non-hydrogen) atoms. The highest BCUT2D eigenvalue weighted by molar-refractivity contribution is 5.82. The van der Waals surface area contributed by atoms with Crippen molar-refractivity contribution in [1.82, 2.24) is 14.8 Å². The molecule has 0 radical (unpaired) electrons. The number of halogens is 1. The van der Waals surface area contributed by atoms with E-state index in [1.54, 1.807) is 37.4 Å². The Morgan fingerprint density at radius 3 is 2.68 bits per heavy atom. The third-order valence-corrected chi connectivity index (χ3v) is 6.51. The number of hydrogen-bond acceptors (Lipinski definition) is 6. The number of likely N-dealkylation sites (tertiary alicyclic amines) is 1. The molecule has 0 aliphatic carbocycles. The molecule has 178 valence electrons. The number of hydrogen-bond donors (Lipinski definition) is 1. The van der Waals surface area contributed by atoms with Crippen LogP contribution in [-0.2, 0) is 23.0 Å². The number of nitriles is 1. The van der Waals surface area contributed by atoms with Crippen LogP contribution < -0.4 is 11.1 Å². The minimum absolute atomic E-state index is 0.0283. The van der Waals surface area contributed by atoms with Crippen LogP contribution in [-0.4, -0.2) is 54.3 Å². The van der Waals surface area contributed by atoms with Gasteiger partial charge in [-0.1, -0.05) is 18.2 Å². The first kappa shape index (κ1) is 23.7. The number of aromatic nitrogens is 1. The van der Waals surface area contributed by atoms with Gasteiger partial charge in [-0.2, -0.15) is 5.26 Å². The molecule has 0 saturated carbocycles. The van der Waals surface area contributed by atoms with Crippen molar-refractivity contribution in [2.24, 2.45) is 7.05 Å². The molecule has 1 fully saturated rings. The van der Waals surface area contributed by atoms with Crippen molar-refractivity contribution in [3.05, 3.63) is 58.3 Å². The van der Waals surface area contributed by atoms with E-state index in [9.17, 15) is 19.2 Å². The summed E-state index contributed by atoms with van der Waals surface area (Å²) in [6.45, 7) is 0.890. The first-order chi connectivity index (χ1) is 16.3. The largest absolute Gasteiger partial charge is 0.419 e. The molecule has 3 atom stereocenters. The van der Waals surface area contributed by atoms with Gasteiger partial charge in [-0.15, -0.1) is 0 Å². The third-order valence-electron chi connectivity index (χ3n) is 6.51. The molecule has 1 aliphatic rings. The van der Waals surface area contributed by atoms with E-state index >= 15 is 0 Å². The lowest BCUT2D eigenvalue weighted by Gasteiger charge is -2.27. The summed E-state index contributed by atoms with van der Waals surface area (Å²) in [4.78, 5) is 26.6. The van der Waals surface area contributed by atoms with Crippen molar-refractivity contribution in [3.63, 3.8) is 0 Å². The molecule has 1 saturated heterocycles. The molecule has 0 spiro atoms. The maximum Gasteiger partial charge on any atom is 0.419 e. The number of methoxy groups -OCH3 is 1. The molecule has 3 aromatic rings. The van der Waals surface area contributed by atoms with Gasteiger partial charge in [0.05, 0.1) is 11.6 Å². The summed E-state index contributed by atoms with van der Waals surface area (Å²) in [6, 6.07) is 11.0. The van der Waals surface area contributed by atoms with Crippen LogP contribution >= 0.6 is 0 Å². The van der Waals surface area contributed by atoms with E-state index in [1.807, 2.05) is 7.05 Å². The molecule has 2 heterocycles. The second-order valence-electron chi connectivity index (χ2n) is 8.66. The van der Waals surface area contributed by atoms with Crippen molar-refractivity contribution in [2.45, 2.75) is 37.5 Å². The number of amides is 1. The fourth-order valence-corrected chi connectivity index (χ4v) is 4.56. The molecule has 4 rings (SSSR count). The zero-order valence-corrected chi connectivity index (χ0v) is 19.4. The van der Waals surface area contributed by atoms with Gasteiger partial charge in [-0.05, 0) is 61.3 Å². The fourth-order valence-electron chi connectivity index (χ4n) is 4.56. The highest BCUT2D eigenvalue weighted by Crippen LogP contribution is 2.26. The Balaban J connectivity index is 1.49. The molecule has 1 aromatic heterocycles. The second kappa shape index (κ2) is 9.79.